The maximum absolute atomic E-state index is 12.6. The first kappa shape index (κ1) is 14.5. The van der Waals surface area contributed by atoms with E-state index in [0.29, 0.717) is 0 Å². The van der Waals surface area contributed by atoms with Crippen LogP contribution in [0.5, 0.6) is 5.88 Å². The summed E-state index contributed by atoms with van der Waals surface area (Å²) in [6, 6.07) is 0.750. The van der Waals surface area contributed by atoms with E-state index in [9.17, 15) is 13.2 Å². The predicted molar refractivity (Wildman–Crippen MR) is 59.8 cm³/mol. The van der Waals surface area contributed by atoms with Crippen LogP contribution in [-0.2, 0) is 6.18 Å². The minimum atomic E-state index is -4.58. The highest BCUT2D eigenvalue weighted by Gasteiger charge is 2.34. The molecule has 1 aromatic heterocycles. The summed E-state index contributed by atoms with van der Waals surface area (Å²) >= 11 is 0. The molecule has 18 heavy (non-hydrogen) atoms. The summed E-state index contributed by atoms with van der Waals surface area (Å²) in [6.45, 7) is 5.52. The number of nitrogens with one attached hydrogen (secondary N) is 1. The number of ether oxygens (including phenoxy) is 1. The average Bonchev–Trinajstić information content (AvgIpc) is 2.27. The van der Waals surface area contributed by atoms with E-state index >= 15 is 0 Å². The fraction of sp³-hybridized carbons (Fsp3) is 0.600. The van der Waals surface area contributed by atoms with Crippen LogP contribution in [0.3, 0.4) is 0 Å². The van der Waals surface area contributed by atoms with Crippen LogP contribution in [0, 0.1) is 5.92 Å². The van der Waals surface area contributed by atoms with Crippen molar-refractivity contribution in [1.82, 2.24) is 9.97 Å². The first-order chi connectivity index (χ1) is 8.24. The minimum absolute atomic E-state index is 0.142. The zero-order valence-corrected chi connectivity index (χ0v) is 10.2. The molecule has 1 rings (SSSR count). The summed E-state index contributed by atoms with van der Waals surface area (Å²) < 4.78 is 43.0. The Hall–Kier alpha value is -1.57. The molecule has 0 saturated heterocycles. The van der Waals surface area contributed by atoms with E-state index in [0.717, 1.165) is 6.07 Å². The fourth-order valence-corrected chi connectivity index (χ4v) is 1.02. The van der Waals surface area contributed by atoms with E-state index in [4.69, 9.17) is 10.6 Å². The van der Waals surface area contributed by atoms with Crippen molar-refractivity contribution in [2.24, 2.45) is 11.8 Å². The van der Waals surface area contributed by atoms with Crippen molar-refractivity contribution in [2.45, 2.75) is 33.1 Å². The van der Waals surface area contributed by atoms with Gasteiger partial charge in [-0.2, -0.15) is 18.2 Å². The molecule has 0 aliphatic heterocycles. The number of hydrogen-bond donors (Lipinski definition) is 2. The number of hydrazine groups is 1. The van der Waals surface area contributed by atoms with Gasteiger partial charge in [0.05, 0.1) is 6.10 Å². The second-order valence-corrected chi connectivity index (χ2v) is 4.12. The predicted octanol–water partition coefficient (Wildman–Crippen LogP) is 2.20. The Labute approximate surface area is 103 Å². The Balaban J connectivity index is 3.05. The van der Waals surface area contributed by atoms with Gasteiger partial charge in [0.25, 0.3) is 0 Å². The van der Waals surface area contributed by atoms with Gasteiger partial charge in [0.1, 0.15) is 0 Å². The smallest absolute Gasteiger partial charge is 0.433 e. The molecule has 102 valence electrons. The van der Waals surface area contributed by atoms with Crippen LogP contribution < -0.4 is 16.0 Å². The van der Waals surface area contributed by atoms with E-state index in [2.05, 4.69) is 9.97 Å². The maximum atomic E-state index is 12.6. The van der Waals surface area contributed by atoms with E-state index in [-0.39, 0.29) is 23.9 Å². The number of rotatable bonds is 4. The molecule has 0 bridgehead atoms. The van der Waals surface area contributed by atoms with E-state index < -0.39 is 11.9 Å². The number of alkyl halides is 3. The van der Waals surface area contributed by atoms with E-state index in [1.165, 1.54) is 0 Å². The number of nitrogens with two attached hydrogens (primary N) is 1. The first-order valence-electron chi connectivity index (χ1n) is 5.33. The Kier molecular flexibility index (Phi) is 4.33. The zero-order valence-electron chi connectivity index (χ0n) is 10.2. The lowest BCUT2D eigenvalue weighted by Gasteiger charge is -2.18. The Morgan fingerprint density at radius 2 is 1.89 bits per heavy atom. The number of nitrogens with zero attached hydrogens (tertiary/aromatic N) is 2. The molecule has 0 spiro atoms. The van der Waals surface area contributed by atoms with Gasteiger partial charge in [0.15, 0.2) is 5.69 Å². The van der Waals surface area contributed by atoms with Gasteiger partial charge in [-0.05, 0) is 12.8 Å². The lowest BCUT2D eigenvalue weighted by atomic mass is 10.1. The molecule has 1 heterocycles. The van der Waals surface area contributed by atoms with Crippen molar-refractivity contribution in [1.29, 1.82) is 0 Å². The van der Waals surface area contributed by atoms with Gasteiger partial charge in [-0.25, -0.2) is 10.8 Å². The third-order valence-corrected chi connectivity index (χ3v) is 2.37. The molecule has 0 saturated carbocycles. The SMILES string of the molecule is CC(C)C(C)Oc1cc(C(F)(F)F)nc(NN)n1. The normalized spacial score (nSPS) is 13.6. The van der Waals surface area contributed by atoms with Gasteiger partial charge in [-0.1, -0.05) is 13.8 Å². The Morgan fingerprint density at radius 3 is 2.33 bits per heavy atom. The van der Waals surface area contributed by atoms with Gasteiger partial charge < -0.3 is 4.74 Å². The summed E-state index contributed by atoms with van der Waals surface area (Å²) in [5.74, 6) is 4.67. The van der Waals surface area contributed by atoms with Gasteiger partial charge >= 0.3 is 6.18 Å². The highest BCUT2D eigenvalue weighted by Crippen LogP contribution is 2.30. The highest BCUT2D eigenvalue weighted by atomic mass is 19.4. The Morgan fingerprint density at radius 1 is 1.28 bits per heavy atom. The topological polar surface area (TPSA) is 73.1 Å². The molecule has 1 aromatic rings. The summed E-state index contributed by atoms with van der Waals surface area (Å²) in [5.41, 5.74) is 0.880. The fourth-order valence-electron chi connectivity index (χ4n) is 1.02. The summed E-state index contributed by atoms with van der Waals surface area (Å²) in [4.78, 5) is 6.94. The second kappa shape index (κ2) is 5.38. The molecule has 0 aliphatic rings. The van der Waals surface area contributed by atoms with Crippen molar-refractivity contribution in [3.05, 3.63) is 11.8 Å². The number of nitrogen functional groups attached to an aromatic ring is 1. The van der Waals surface area contributed by atoms with Crippen molar-refractivity contribution in [2.75, 3.05) is 5.43 Å². The van der Waals surface area contributed by atoms with Crippen LogP contribution in [0.15, 0.2) is 6.07 Å². The molecule has 0 aliphatic carbocycles. The summed E-state index contributed by atoms with van der Waals surface area (Å²) in [6.07, 6.45) is -4.85. The first-order valence-corrected chi connectivity index (χ1v) is 5.33. The van der Waals surface area contributed by atoms with E-state index in [1.54, 1.807) is 6.92 Å². The molecule has 1 atom stereocenters. The van der Waals surface area contributed by atoms with Crippen molar-refractivity contribution in [3.63, 3.8) is 0 Å². The zero-order chi connectivity index (χ0) is 13.9. The van der Waals surface area contributed by atoms with Gasteiger partial charge in [-0.15, -0.1) is 0 Å². The lowest BCUT2D eigenvalue weighted by molar-refractivity contribution is -0.141. The minimum Gasteiger partial charge on any atom is -0.474 e. The standard InChI is InChI=1S/C10H15F3N4O/c1-5(2)6(3)18-8-4-7(10(11,12)13)15-9(16-8)17-14/h4-6H,14H2,1-3H3,(H,15,16,17). The molecular formula is C10H15F3N4O. The van der Waals surface area contributed by atoms with Gasteiger partial charge in [-0.3, -0.25) is 5.43 Å². The van der Waals surface area contributed by atoms with Gasteiger partial charge in [0.2, 0.25) is 11.8 Å². The van der Waals surface area contributed by atoms with Crippen LogP contribution in [0.1, 0.15) is 26.5 Å². The summed E-state index contributed by atoms with van der Waals surface area (Å²) in [7, 11) is 0. The molecule has 3 N–H and O–H groups in total. The number of anilines is 1. The quantitative estimate of drug-likeness (QED) is 0.644. The molecule has 5 nitrogen and oxygen atoms in total. The van der Waals surface area contributed by atoms with Crippen molar-refractivity contribution in [3.8, 4) is 5.88 Å². The molecule has 0 amide bonds. The number of hydrogen-bond acceptors (Lipinski definition) is 5. The van der Waals surface area contributed by atoms with Crippen LogP contribution in [0.25, 0.3) is 0 Å². The van der Waals surface area contributed by atoms with Crippen molar-refractivity contribution >= 4 is 5.95 Å². The van der Waals surface area contributed by atoms with Crippen LogP contribution >= 0.6 is 0 Å². The second-order valence-electron chi connectivity index (χ2n) is 4.12. The third-order valence-electron chi connectivity index (χ3n) is 2.37. The Bertz CT molecular complexity index is 409. The average molecular weight is 264 g/mol. The molecule has 8 heteroatoms. The number of aromatic nitrogens is 2. The molecule has 0 fully saturated rings. The van der Waals surface area contributed by atoms with Crippen LogP contribution in [0.2, 0.25) is 0 Å². The molecule has 1 unspecified atom stereocenters. The highest BCUT2D eigenvalue weighted by molar-refractivity contribution is 5.30. The monoisotopic (exact) mass is 264 g/mol. The largest absolute Gasteiger partial charge is 0.474 e. The van der Waals surface area contributed by atoms with Crippen molar-refractivity contribution < 1.29 is 17.9 Å². The molecule has 0 aromatic carbocycles. The molecular weight excluding hydrogens is 249 g/mol. The van der Waals surface area contributed by atoms with Crippen LogP contribution in [0.4, 0.5) is 19.1 Å². The van der Waals surface area contributed by atoms with Gasteiger partial charge in [0, 0.05) is 6.07 Å². The van der Waals surface area contributed by atoms with E-state index in [1.807, 2.05) is 19.3 Å². The maximum Gasteiger partial charge on any atom is 0.433 e. The van der Waals surface area contributed by atoms with Crippen LogP contribution in [-0.4, -0.2) is 16.1 Å². The molecule has 0 radical (unpaired) electrons. The lowest BCUT2D eigenvalue weighted by Crippen LogP contribution is -2.21. The number of halogens is 3. The summed E-state index contributed by atoms with van der Waals surface area (Å²) in [5, 5.41) is 0. The third kappa shape index (κ3) is 3.73.